The van der Waals surface area contributed by atoms with Crippen LogP contribution < -0.4 is 0 Å². The zero-order chi connectivity index (χ0) is 20.6. The Morgan fingerprint density at radius 2 is 1.86 bits per heavy atom. The summed E-state index contributed by atoms with van der Waals surface area (Å²) in [6.45, 7) is 4.78. The van der Waals surface area contributed by atoms with Crippen molar-refractivity contribution < 1.29 is 15.0 Å². The van der Waals surface area contributed by atoms with Gasteiger partial charge in [0.05, 0.1) is 6.10 Å². The molecule has 4 aliphatic carbocycles. The Hall–Kier alpha value is -1.94. The standard InChI is InChI=1S/C24H31NO.CH2O2/c1-23-11-9-18(26)14-17(23)5-6-19-21-8-7-20(16-4-3-13-25-15-16)24(21,2)12-10-22(19)23;2-1-3/h3-5,7,13,15,18-19,21-22,26H,6,8-12,14H2,1-2H3;1H,(H,2,3)/t18-,19-,21-,22-,23-,24+;/m0./s1. The molecule has 1 aromatic rings. The minimum Gasteiger partial charge on any atom is -0.483 e. The predicted molar refractivity (Wildman–Crippen MR) is 114 cm³/mol. The van der Waals surface area contributed by atoms with E-state index in [1.165, 1.54) is 37.7 Å². The van der Waals surface area contributed by atoms with E-state index in [1.807, 2.05) is 12.4 Å². The Bertz CT molecular complexity index is 817. The summed E-state index contributed by atoms with van der Waals surface area (Å²) in [5.41, 5.74) is 5.09. The fourth-order valence-corrected chi connectivity index (χ4v) is 7.18. The first-order valence-electron chi connectivity index (χ1n) is 11.0. The van der Waals surface area contributed by atoms with E-state index >= 15 is 0 Å². The lowest BCUT2D eigenvalue weighted by atomic mass is 9.47. The number of aliphatic hydroxyl groups is 1. The number of aliphatic hydroxyl groups excluding tert-OH is 1. The van der Waals surface area contributed by atoms with Crippen molar-refractivity contribution in [2.24, 2.45) is 28.6 Å². The molecule has 1 heterocycles. The van der Waals surface area contributed by atoms with Gasteiger partial charge in [-0.1, -0.05) is 37.6 Å². The van der Waals surface area contributed by atoms with Crippen molar-refractivity contribution in [1.29, 1.82) is 0 Å². The van der Waals surface area contributed by atoms with Crippen LogP contribution in [0, 0.1) is 28.6 Å². The van der Waals surface area contributed by atoms with E-state index in [4.69, 9.17) is 9.90 Å². The Labute approximate surface area is 173 Å². The third-order valence-corrected chi connectivity index (χ3v) is 8.63. The second kappa shape index (κ2) is 7.71. The van der Waals surface area contributed by atoms with Crippen LogP contribution in [0.5, 0.6) is 0 Å². The maximum Gasteiger partial charge on any atom is 0.290 e. The fraction of sp³-hybridized carbons (Fsp3) is 0.600. The van der Waals surface area contributed by atoms with Crippen LogP contribution in [0.1, 0.15) is 64.4 Å². The van der Waals surface area contributed by atoms with Crippen LogP contribution in [0.15, 0.2) is 42.3 Å². The summed E-state index contributed by atoms with van der Waals surface area (Å²) < 4.78 is 0. The highest BCUT2D eigenvalue weighted by Gasteiger charge is 2.56. The summed E-state index contributed by atoms with van der Waals surface area (Å²) in [6, 6.07) is 4.31. The summed E-state index contributed by atoms with van der Waals surface area (Å²) in [4.78, 5) is 12.7. The summed E-state index contributed by atoms with van der Waals surface area (Å²) >= 11 is 0. The number of nitrogens with zero attached hydrogens (tertiary/aromatic N) is 1. The molecule has 4 heteroatoms. The van der Waals surface area contributed by atoms with Crippen molar-refractivity contribution in [3.63, 3.8) is 0 Å². The number of fused-ring (bicyclic) bond motifs is 5. The van der Waals surface area contributed by atoms with Gasteiger partial charge in [0.15, 0.2) is 0 Å². The van der Waals surface area contributed by atoms with Gasteiger partial charge in [0, 0.05) is 12.4 Å². The maximum atomic E-state index is 10.2. The lowest BCUT2D eigenvalue weighted by molar-refractivity contribution is -0.122. The van der Waals surface area contributed by atoms with Crippen molar-refractivity contribution in [2.75, 3.05) is 0 Å². The molecule has 0 amide bonds. The first kappa shape index (κ1) is 20.3. The summed E-state index contributed by atoms with van der Waals surface area (Å²) in [7, 11) is 0. The second-order valence-electron chi connectivity index (χ2n) is 9.81. The molecule has 4 nitrogen and oxygen atoms in total. The number of carbonyl (C=O) groups is 1. The normalized spacial score (nSPS) is 40.2. The molecule has 29 heavy (non-hydrogen) atoms. The van der Waals surface area contributed by atoms with Gasteiger partial charge in [-0.25, -0.2) is 0 Å². The first-order valence-corrected chi connectivity index (χ1v) is 11.0. The molecule has 1 aromatic heterocycles. The van der Waals surface area contributed by atoms with Gasteiger partial charge in [-0.15, -0.1) is 0 Å². The monoisotopic (exact) mass is 395 g/mol. The van der Waals surface area contributed by atoms with Crippen LogP contribution >= 0.6 is 0 Å². The van der Waals surface area contributed by atoms with E-state index in [2.05, 4.69) is 43.1 Å². The molecule has 2 N–H and O–H groups in total. The Balaban J connectivity index is 0.000000645. The quantitative estimate of drug-likeness (QED) is 0.513. The molecule has 0 aliphatic heterocycles. The molecule has 0 spiro atoms. The van der Waals surface area contributed by atoms with Gasteiger partial charge in [-0.2, -0.15) is 0 Å². The first-order chi connectivity index (χ1) is 13.9. The van der Waals surface area contributed by atoms with Crippen LogP contribution in [-0.4, -0.2) is 27.8 Å². The lowest BCUT2D eigenvalue weighted by Gasteiger charge is -2.57. The minimum absolute atomic E-state index is 0.106. The van der Waals surface area contributed by atoms with Gasteiger partial charge in [-0.05, 0) is 90.7 Å². The number of rotatable bonds is 1. The van der Waals surface area contributed by atoms with Crippen molar-refractivity contribution in [3.05, 3.63) is 47.8 Å². The predicted octanol–water partition coefficient (Wildman–Crippen LogP) is 5.10. The van der Waals surface area contributed by atoms with Crippen LogP contribution in [0.4, 0.5) is 0 Å². The molecule has 156 valence electrons. The molecule has 0 saturated heterocycles. The SMILES string of the molecule is C[C@]12CC[C@H](O)CC1=CC[C@@H]1[C@@H]2CC[C@]2(C)C(c3cccnc3)=CC[C@@H]12.O=CO. The van der Waals surface area contributed by atoms with Crippen molar-refractivity contribution in [1.82, 2.24) is 4.98 Å². The number of hydrogen-bond donors (Lipinski definition) is 2. The van der Waals surface area contributed by atoms with E-state index in [1.54, 1.807) is 11.1 Å². The van der Waals surface area contributed by atoms with Crippen molar-refractivity contribution in [2.45, 2.75) is 64.9 Å². The van der Waals surface area contributed by atoms with Crippen LogP contribution in [0.2, 0.25) is 0 Å². The van der Waals surface area contributed by atoms with E-state index in [0.717, 1.165) is 30.6 Å². The van der Waals surface area contributed by atoms with E-state index in [-0.39, 0.29) is 12.6 Å². The summed E-state index contributed by atoms with van der Waals surface area (Å²) in [5.74, 6) is 2.36. The third-order valence-electron chi connectivity index (χ3n) is 8.63. The van der Waals surface area contributed by atoms with E-state index in [0.29, 0.717) is 10.8 Å². The number of pyridine rings is 1. The Morgan fingerprint density at radius 1 is 1.10 bits per heavy atom. The Kier molecular flexibility index (Phi) is 5.41. The van der Waals surface area contributed by atoms with Crippen LogP contribution in [0.3, 0.4) is 0 Å². The third kappa shape index (κ3) is 3.26. The van der Waals surface area contributed by atoms with E-state index < -0.39 is 0 Å². The molecular weight excluding hydrogens is 362 g/mol. The molecule has 5 rings (SSSR count). The molecule has 4 aliphatic rings. The van der Waals surface area contributed by atoms with Gasteiger partial charge < -0.3 is 10.2 Å². The van der Waals surface area contributed by atoms with E-state index in [9.17, 15) is 5.11 Å². The summed E-state index contributed by atoms with van der Waals surface area (Å²) in [5, 5.41) is 17.0. The van der Waals surface area contributed by atoms with Crippen LogP contribution in [0.25, 0.3) is 5.57 Å². The minimum atomic E-state index is -0.250. The van der Waals surface area contributed by atoms with Crippen molar-refractivity contribution in [3.8, 4) is 0 Å². The Morgan fingerprint density at radius 3 is 2.59 bits per heavy atom. The van der Waals surface area contributed by atoms with Gasteiger partial charge >= 0.3 is 0 Å². The van der Waals surface area contributed by atoms with Gasteiger partial charge in [0.1, 0.15) is 0 Å². The largest absolute Gasteiger partial charge is 0.483 e. The zero-order valence-electron chi connectivity index (χ0n) is 17.6. The average molecular weight is 396 g/mol. The highest BCUT2D eigenvalue weighted by atomic mass is 16.3. The molecule has 2 fully saturated rings. The molecule has 2 saturated carbocycles. The molecule has 0 bridgehead atoms. The number of carboxylic acid groups (broad SMARTS) is 1. The average Bonchev–Trinajstić information content (AvgIpc) is 3.07. The highest BCUT2D eigenvalue weighted by Crippen LogP contribution is 2.66. The smallest absolute Gasteiger partial charge is 0.290 e. The number of aromatic nitrogens is 1. The number of hydrogen-bond acceptors (Lipinski definition) is 3. The second-order valence-corrected chi connectivity index (χ2v) is 9.81. The fourth-order valence-electron chi connectivity index (χ4n) is 7.18. The van der Waals surface area contributed by atoms with Gasteiger partial charge in [-0.3, -0.25) is 9.78 Å². The molecule has 0 radical (unpaired) electrons. The lowest BCUT2D eigenvalue weighted by Crippen LogP contribution is -2.49. The molecule has 0 unspecified atom stereocenters. The van der Waals surface area contributed by atoms with Crippen LogP contribution in [-0.2, 0) is 4.79 Å². The summed E-state index contributed by atoms with van der Waals surface area (Å²) in [6.07, 6.45) is 17.0. The maximum absolute atomic E-state index is 10.2. The zero-order valence-corrected chi connectivity index (χ0v) is 17.6. The highest BCUT2D eigenvalue weighted by molar-refractivity contribution is 5.72. The van der Waals surface area contributed by atoms with Gasteiger partial charge in [0.25, 0.3) is 6.47 Å². The number of allylic oxidation sites excluding steroid dienone is 3. The molecule has 0 aromatic carbocycles. The molecular formula is C25H33NO3. The van der Waals surface area contributed by atoms with Crippen molar-refractivity contribution >= 4 is 12.0 Å². The molecule has 6 atom stereocenters. The van der Waals surface area contributed by atoms with Gasteiger partial charge in [0.2, 0.25) is 0 Å². The topological polar surface area (TPSA) is 70.4 Å².